The van der Waals surface area contributed by atoms with Crippen molar-refractivity contribution in [3.63, 3.8) is 0 Å². The predicted molar refractivity (Wildman–Crippen MR) is 124 cm³/mol. The van der Waals surface area contributed by atoms with E-state index in [0.29, 0.717) is 17.9 Å². The molecule has 0 atom stereocenters. The molecule has 0 aliphatic carbocycles. The molecule has 1 N–H and O–H groups in total. The minimum Gasteiger partial charge on any atom is -0.464 e. The first-order chi connectivity index (χ1) is 15.1. The SMILES string of the molecule is CCc1c(CCN2CCC(c3coc4cc(F)ccc34)CC2)sc2c1NC(=O)CCC2. The summed E-state index contributed by atoms with van der Waals surface area (Å²) in [5.41, 5.74) is 4.34. The van der Waals surface area contributed by atoms with Crippen molar-refractivity contribution >= 4 is 33.9 Å². The summed E-state index contributed by atoms with van der Waals surface area (Å²) in [6.45, 7) is 5.39. The van der Waals surface area contributed by atoms with E-state index in [1.807, 2.05) is 23.7 Å². The number of hydrogen-bond donors (Lipinski definition) is 1. The highest BCUT2D eigenvalue weighted by molar-refractivity contribution is 7.12. The minimum atomic E-state index is -0.250. The number of rotatable bonds is 5. The first kappa shape index (κ1) is 20.7. The van der Waals surface area contributed by atoms with Gasteiger partial charge in [-0.1, -0.05) is 6.92 Å². The number of aryl methyl sites for hydroxylation is 1. The second-order valence-electron chi connectivity index (χ2n) is 8.75. The molecule has 2 aliphatic heterocycles. The molecule has 2 aliphatic rings. The van der Waals surface area contributed by atoms with Crippen molar-refractivity contribution in [2.75, 3.05) is 25.0 Å². The number of carbonyl (C=O) groups is 1. The van der Waals surface area contributed by atoms with Crippen molar-refractivity contribution in [3.8, 4) is 0 Å². The van der Waals surface area contributed by atoms with Gasteiger partial charge in [0.25, 0.3) is 0 Å². The first-order valence-electron chi connectivity index (χ1n) is 11.4. The van der Waals surface area contributed by atoms with E-state index >= 15 is 0 Å². The lowest BCUT2D eigenvalue weighted by Crippen LogP contribution is -2.34. The normalized spacial score (nSPS) is 18.2. The van der Waals surface area contributed by atoms with Crippen molar-refractivity contribution < 1.29 is 13.6 Å². The highest BCUT2D eigenvalue weighted by Gasteiger charge is 2.25. The molecule has 0 unspecified atom stereocenters. The van der Waals surface area contributed by atoms with Crippen LogP contribution < -0.4 is 5.32 Å². The molecule has 0 spiro atoms. The number of nitrogens with one attached hydrogen (secondary N) is 1. The number of amides is 1. The number of likely N-dealkylation sites (tertiary alicyclic amines) is 1. The fraction of sp³-hybridized carbons (Fsp3) is 0.480. The van der Waals surface area contributed by atoms with E-state index in [2.05, 4.69) is 17.1 Å². The zero-order valence-corrected chi connectivity index (χ0v) is 18.8. The fourth-order valence-corrected chi connectivity index (χ4v) is 6.53. The Kier molecular flexibility index (Phi) is 5.85. The number of anilines is 1. The molecule has 164 valence electrons. The number of furan rings is 1. The second-order valence-corrected chi connectivity index (χ2v) is 9.94. The van der Waals surface area contributed by atoms with Gasteiger partial charge in [0.1, 0.15) is 11.4 Å². The van der Waals surface area contributed by atoms with Crippen molar-refractivity contribution in [2.45, 2.75) is 57.8 Å². The number of nitrogens with zero attached hydrogens (tertiary/aromatic N) is 1. The Labute approximate surface area is 186 Å². The summed E-state index contributed by atoms with van der Waals surface area (Å²) in [4.78, 5) is 17.4. The van der Waals surface area contributed by atoms with Crippen LogP contribution in [-0.2, 0) is 24.1 Å². The van der Waals surface area contributed by atoms with Gasteiger partial charge in [-0.15, -0.1) is 11.3 Å². The van der Waals surface area contributed by atoms with Crippen LogP contribution in [0.5, 0.6) is 0 Å². The number of fused-ring (bicyclic) bond motifs is 2. The molecule has 4 nitrogen and oxygen atoms in total. The Morgan fingerprint density at radius 2 is 2.10 bits per heavy atom. The molecular formula is C25H29FN2O2S. The molecule has 1 saturated heterocycles. The van der Waals surface area contributed by atoms with Crippen LogP contribution in [0.25, 0.3) is 11.0 Å². The van der Waals surface area contributed by atoms with Crippen LogP contribution >= 0.6 is 11.3 Å². The van der Waals surface area contributed by atoms with Gasteiger partial charge in [0.15, 0.2) is 0 Å². The number of benzene rings is 1. The molecule has 2 aromatic heterocycles. The Morgan fingerprint density at radius 3 is 2.90 bits per heavy atom. The molecule has 31 heavy (non-hydrogen) atoms. The molecule has 0 bridgehead atoms. The van der Waals surface area contributed by atoms with E-state index in [9.17, 15) is 9.18 Å². The van der Waals surface area contributed by atoms with Crippen molar-refractivity contribution in [2.24, 2.45) is 0 Å². The van der Waals surface area contributed by atoms with E-state index < -0.39 is 0 Å². The molecular weight excluding hydrogens is 411 g/mol. The smallest absolute Gasteiger partial charge is 0.224 e. The standard InChI is InChI=1S/C25H29FN2O2S/c1-2-18-22(31-23-4-3-5-24(29)27-25(18)23)10-13-28-11-8-16(9-12-28)20-15-30-21-14-17(26)6-7-19(20)21/h6-7,14-16H,2-5,8-13H2,1H3,(H,27,29). The molecule has 3 aromatic rings. The number of hydrogen-bond acceptors (Lipinski definition) is 4. The number of thiophene rings is 1. The average Bonchev–Trinajstić information content (AvgIpc) is 3.27. The predicted octanol–water partition coefficient (Wildman–Crippen LogP) is 5.89. The van der Waals surface area contributed by atoms with E-state index in [0.717, 1.165) is 69.2 Å². The van der Waals surface area contributed by atoms with E-state index in [1.54, 1.807) is 0 Å². The van der Waals surface area contributed by atoms with Crippen LogP contribution in [0.15, 0.2) is 28.9 Å². The quantitative estimate of drug-likeness (QED) is 0.538. The van der Waals surface area contributed by atoms with Gasteiger partial charge in [-0.2, -0.15) is 0 Å². The molecule has 6 heteroatoms. The maximum atomic E-state index is 13.4. The number of piperidine rings is 1. The van der Waals surface area contributed by atoms with Gasteiger partial charge < -0.3 is 14.6 Å². The first-order valence-corrected chi connectivity index (χ1v) is 12.3. The van der Waals surface area contributed by atoms with Gasteiger partial charge >= 0.3 is 0 Å². The van der Waals surface area contributed by atoms with Crippen molar-refractivity contribution in [1.29, 1.82) is 0 Å². The summed E-state index contributed by atoms with van der Waals surface area (Å²) in [5, 5.41) is 4.22. The van der Waals surface area contributed by atoms with Crippen LogP contribution in [-0.4, -0.2) is 30.4 Å². The van der Waals surface area contributed by atoms with E-state index in [1.165, 1.54) is 33.0 Å². The maximum Gasteiger partial charge on any atom is 0.224 e. The third kappa shape index (κ3) is 4.15. The Bertz CT molecular complexity index is 1090. The molecule has 0 saturated carbocycles. The van der Waals surface area contributed by atoms with Crippen LogP contribution in [0, 0.1) is 5.82 Å². The van der Waals surface area contributed by atoms with Gasteiger partial charge in [0, 0.05) is 39.7 Å². The lowest BCUT2D eigenvalue weighted by molar-refractivity contribution is -0.116. The largest absolute Gasteiger partial charge is 0.464 e. The molecule has 1 aromatic carbocycles. The van der Waals surface area contributed by atoms with Crippen LogP contribution in [0.4, 0.5) is 10.1 Å². The Balaban J connectivity index is 1.22. The Morgan fingerprint density at radius 1 is 1.26 bits per heavy atom. The topological polar surface area (TPSA) is 45.5 Å². The summed E-state index contributed by atoms with van der Waals surface area (Å²) in [6.07, 6.45) is 8.64. The summed E-state index contributed by atoms with van der Waals surface area (Å²) in [6, 6.07) is 4.85. The lowest BCUT2D eigenvalue weighted by Gasteiger charge is -2.31. The van der Waals surface area contributed by atoms with Crippen molar-refractivity contribution in [1.82, 2.24) is 4.90 Å². The zero-order valence-electron chi connectivity index (χ0n) is 18.0. The van der Waals surface area contributed by atoms with E-state index in [4.69, 9.17) is 4.42 Å². The maximum absolute atomic E-state index is 13.4. The highest BCUT2D eigenvalue weighted by atomic mass is 32.1. The van der Waals surface area contributed by atoms with Gasteiger partial charge in [-0.3, -0.25) is 4.79 Å². The Hall–Kier alpha value is -2.18. The van der Waals surface area contributed by atoms with Crippen LogP contribution in [0.1, 0.15) is 59.4 Å². The minimum absolute atomic E-state index is 0.161. The lowest BCUT2D eigenvalue weighted by atomic mass is 9.89. The molecule has 1 fully saturated rings. The number of carbonyl (C=O) groups excluding carboxylic acids is 1. The molecule has 1 amide bonds. The van der Waals surface area contributed by atoms with E-state index in [-0.39, 0.29) is 11.7 Å². The summed E-state index contributed by atoms with van der Waals surface area (Å²) < 4.78 is 19.1. The number of halogens is 1. The van der Waals surface area contributed by atoms with Crippen LogP contribution in [0.3, 0.4) is 0 Å². The fourth-order valence-electron chi connectivity index (χ4n) is 5.14. The third-order valence-corrected chi connectivity index (χ3v) is 8.19. The average molecular weight is 441 g/mol. The van der Waals surface area contributed by atoms with Gasteiger partial charge in [-0.05, 0) is 75.2 Å². The molecule has 0 radical (unpaired) electrons. The molecule has 5 rings (SSSR count). The van der Waals surface area contributed by atoms with Gasteiger partial charge in [-0.25, -0.2) is 4.39 Å². The zero-order chi connectivity index (χ0) is 21.4. The monoisotopic (exact) mass is 440 g/mol. The van der Waals surface area contributed by atoms with Gasteiger partial charge in [0.2, 0.25) is 5.91 Å². The molecule has 4 heterocycles. The third-order valence-electron chi connectivity index (χ3n) is 6.84. The van der Waals surface area contributed by atoms with Crippen LogP contribution in [0.2, 0.25) is 0 Å². The summed E-state index contributed by atoms with van der Waals surface area (Å²) >= 11 is 1.91. The summed E-state index contributed by atoms with van der Waals surface area (Å²) in [5.74, 6) is 0.386. The summed E-state index contributed by atoms with van der Waals surface area (Å²) in [7, 11) is 0. The highest BCUT2D eigenvalue weighted by Crippen LogP contribution is 2.38. The van der Waals surface area contributed by atoms with Crippen molar-refractivity contribution in [3.05, 3.63) is 51.2 Å². The van der Waals surface area contributed by atoms with Gasteiger partial charge in [0.05, 0.1) is 12.0 Å². The second kappa shape index (κ2) is 8.75.